The molecule has 22 heavy (non-hydrogen) atoms. The van der Waals surface area contributed by atoms with E-state index in [4.69, 9.17) is 0 Å². The minimum Gasteiger partial charge on any atom is -0.309 e. The van der Waals surface area contributed by atoms with Gasteiger partial charge in [-0.25, -0.2) is 0 Å². The number of aryl methyl sites for hydroxylation is 1. The molecule has 1 saturated carbocycles. The van der Waals surface area contributed by atoms with Crippen LogP contribution in [0.4, 0.5) is 5.13 Å². The molecule has 1 aliphatic carbocycles. The van der Waals surface area contributed by atoms with Gasteiger partial charge in [0.15, 0.2) is 5.16 Å². The highest BCUT2D eigenvalue weighted by molar-refractivity contribution is 7.99. The second-order valence-electron chi connectivity index (χ2n) is 5.34. The molecular weight excluding hydrogens is 320 g/mol. The Labute approximate surface area is 136 Å². The zero-order valence-corrected chi connectivity index (χ0v) is 14.2. The zero-order valence-electron chi connectivity index (χ0n) is 12.6. The maximum absolute atomic E-state index is 11.9. The van der Waals surface area contributed by atoms with E-state index in [0.29, 0.717) is 11.0 Å². The van der Waals surface area contributed by atoms with Crippen LogP contribution in [-0.4, -0.2) is 36.6 Å². The summed E-state index contributed by atoms with van der Waals surface area (Å²) in [6.45, 7) is 1.85. The number of rotatable bonds is 5. The smallest absolute Gasteiger partial charge is 0.236 e. The average molecular weight is 338 g/mol. The van der Waals surface area contributed by atoms with Crippen LogP contribution in [0.25, 0.3) is 0 Å². The fourth-order valence-electron chi connectivity index (χ4n) is 2.62. The first-order valence-corrected chi connectivity index (χ1v) is 9.05. The molecule has 118 valence electrons. The van der Waals surface area contributed by atoms with Crippen molar-refractivity contribution in [2.45, 2.75) is 43.7 Å². The predicted molar refractivity (Wildman–Crippen MR) is 86.2 cm³/mol. The number of anilines is 1. The van der Waals surface area contributed by atoms with Crippen LogP contribution in [-0.2, 0) is 11.8 Å². The fraction of sp³-hybridized carbons (Fsp3) is 0.615. The summed E-state index contributed by atoms with van der Waals surface area (Å²) >= 11 is 2.76. The van der Waals surface area contributed by atoms with Crippen LogP contribution in [0.1, 0.15) is 42.4 Å². The zero-order chi connectivity index (χ0) is 15.5. The Morgan fingerprint density at radius 3 is 2.77 bits per heavy atom. The van der Waals surface area contributed by atoms with Crippen LogP contribution in [0.2, 0.25) is 0 Å². The van der Waals surface area contributed by atoms with Gasteiger partial charge in [0.2, 0.25) is 11.0 Å². The Bertz CT molecular complexity index is 661. The number of hydrogen-bond acceptors (Lipinski definition) is 7. The van der Waals surface area contributed by atoms with E-state index >= 15 is 0 Å². The van der Waals surface area contributed by atoms with Gasteiger partial charge in [-0.2, -0.15) is 0 Å². The van der Waals surface area contributed by atoms with Crippen molar-refractivity contribution >= 4 is 34.1 Å². The monoisotopic (exact) mass is 338 g/mol. The first-order valence-electron chi connectivity index (χ1n) is 7.25. The summed E-state index contributed by atoms with van der Waals surface area (Å²) in [7, 11) is 1.97. The number of carbonyl (C=O) groups is 1. The summed E-state index contributed by atoms with van der Waals surface area (Å²) in [6.07, 6.45) is 4.91. The SMILES string of the molecule is Cc1nnc(NC(=O)CSc2nnc(C3CCCC3)n2C)s1. The highest BCUT2D eigenvalue weighted by atomic mass is 32.2. The van der Waals surface area contributed by atoms with Crippen molar-refractivity contribution in [3.8, 4) is 0 Å². The lowest BCUT2D eigenvalue weighted by Crippen LogP contribution is -2.14. The Hall–Kier alpha value is -1.48. The van der Waals surface area contributed by atoms with E-state index < -0.39 is 0 Å². The number of carbonyl (C=O) groups excluding carboxylic acids is 1. The van der Waals surface area contributed by atoms with Crippen molar-refractivity contribution in [1.82, 2.24) is 25.0 Å². The summed E-state index contributed by atoms with van der Waals surface area (Å²) < 4.78 is 2.02. The van der Waals surface area contributed by atoms with Crippen LogP contribution in [0.15, 0.2) is 5.16 Å². The molecule has 0 unspecified atom stereocenters. The van der Waals surface area contributed by atoms with Gasteiger partial charge in [0.1, 0.15) is 10.8 Å². The van der Waals surface area contributed by atoms with Gasteiger partial charge in [-0.15, -0.1) is 20.4 Å². The van der Waals surface area contributed by atoms with Gasteiger partial charge in [0.25, 0.3) is 0 Å². The maximum atomic E-state index is 11.9. The Morgan fingerprint density at radius 1 is 1.32 bits per heavy atom. The number of hydrogen-bond donors (Lipinski definition) is 1. The number of nitrogens with one attached hydrogen (secondary N) is 1. The minimum atomic E-state index is -0.105. The highest BCUT2D eigenvalue weighted by Gasteiger charge is 2.23. The molecule has 0 radical (unpaired) electrons. The highest BCUT2D eigenvalue weighted by Crippen LogP contribution is 2.33. The molecular formula is C13H18N6OS2. The first-order chi connectivity index (χ1) is 10.6. The molecule has 0 bridgehead atoms. The third kappa shape index (κ3) is 3.46. The number of amides is 1. The third-order valence-electron chi connectivity index (χ3n) is 3.69. The van der Waals surface area contributed by atoms with Crippen LogP contribution < -0.4 is 5.32 Å². The molecule has 1 fully saturated rings. The molecule has 1 N–H and O–H groups in total. The van der Waals surface area contributed by atoms with Crippen LogP contribution in [0.3, 0.4) is 0 Å². The van der Waals surface area contributed by atoms with E-state index in [0.717, 1.165) is 16.0 Å². The van der Waals surface area contributed by atoms with E-state index in [-0.39, 0.29) is 11.7 Å². The Kier molecular flexibility index (Phi) is 4.72. The van der Waals surface area contributed by atoms with Gasteiger partial charge in [0, 0.05) is 13.0 Å². The minimum absolute atomic E-state index is 0.105. The van der Waals surface area contributed by atoms with E-state index in [1.807, 2.05) is 18.5 Å². The van der Waals surface area contributed by atoms with Gasteiger partial charge in [-0.05, 0) is 19.8 Å². The molecule has 0 spiro atoms. The molecule has 0 saturated heterocycles. The Morgan fingerprint density at radius 2 is 2.09 bits per heavy atom. The third-order valence-corrected chi connectivity index (χ3v) is 5.47. The predicted octanol–water partition coefficient (Wildman–Crippen LogP) is 2.36. The molecule has 2 heterocycles. The quantitative estimate of drug-likeness (QED) is 0.842. The summed E-state index contributed by atoms with van der Waals surface area (Å²) in [5, 5.41) is 21.2. The summed E-state index contributed by atoms with van der Waals surface area (Å²) in [5.41, 5.74) is 0. The molecule has 9 heteroatoms. The molecule has 1 amide bonds. The van der Waals surface area contributed by atoms with Crippen molar-refractivity contribution in [2.75, 3.05) is 11.1 Å². The van der Waals surface area contributed by atoms with Crippen LogP contribution >= 0.6 is 23.1 Å². The summed E-state index contributed by atoms with van der Waals surface area (Å²) in [5.74, 6) is 1.74. The number of nitrogens with zero attached hydrogens (tertiary/aromatic N) is 5. The molecule has 3 rings (SSSR count). The molecule has 0 aliphatic heterocycles. The largest absolute Gasteiger partial charge is 0.309 e. The summed E-state index contributed by atoms with van der Waals surface area (Å²) in [4.78, 5) is 11.9. The standard InChI is InChI=1S/C13H18N6OS2/c1-8-15-17-12(22-8)14-10(20)7-21-13-18-16-11(19(13)2)9-5-3-4-6-9/h9H,3-7H2,1-2H3,(H,14,17,20). The second kappa shape index (κ2) is 6.74. The van der Waals surface area contributed by atoms with E-state index in [2.05, 4.69) is 25.7 Å². The van der Waals surface area contributed by atoms with E-state index in [9.17, 15) is 4.79 Å². The fourth-order valence-corrected chi connectivity index (χ4v) is 3.95. The molecule has 2 aromatic heterocycles. The van der Waals surface area contributed by atoms with Gasteiger partial charge in [0.05, 0.1) is 5.75 Å². The molecule has 7 nitrogen and oxygen atoms in total. The van der Waals surface area contributed by atoms with Crippen LogP contribution in [0, 0.1) is 6.92 Å². The summed E-state index contributed by atoms with van der Waals surface area (Å²) in [6, 6.07) is 0. The van der Waals surface area contributed by atoms with Crippen molar-refractivity contribution in [2.24, 2.45) is 7.05 Å². The number of aromatic nitrogens is 5. The van der Waals surface area contributed by atoms with Crippen LogP contribution in [0.5, 0.6) is 0 Å². The second-order valence-corrected chi connectivity index (χ2v) is 7.47. The molecule has 1 aliphatic rings. The topological polar surface area (TPSA) is 85.6 Å². The maximum Gasteiger partial charge on any atom is 0.236 e. The lowest BCUT2D eigenvalue weighted by molar-refractivity contribution is -0.113. The van der Waals surface area contributed by atoms with Crippen molar-refractivity contribution in [3.63, 3.8) is 0 Å². The lowest BCUT2D eigenvalue weighted by Gasteiger charge is -2.08. The van der Waals surface area contributed by atoms with Gasteiger partial charge < -0.3 is 4.57 Å². The van der Waals surface area contributed by atoms with E-state index in [1.165, 1.54) is 48.8 Å². The first kappa shape index (κ1) is 15.4. The molecule has 0 atom stereocenters. The lowest BCUT2D eigenvalue weighted by atomic mass is 10.1. The van der Waals surface area contributed by atoms with Crippen molar-refractivity contribution in [1.29, 1.82) is 0 Å². The van der Waals surface area contributed by atoms with Gasteiger partial charge in [-0.3, -0.25) is 10.1 Å². The normalized spacial score (nSPS) is 15.4. The van der Waals surface area contributed by atoms with Crippen molar-refractivity contribution in [3.05, 3.63) is 10.8 Å². The molecule has 2 aromatic rings. The van der Waals surface area contributed by atoms with E-state index in [1.54, 1.807) is 0 Å². The Balaban J connectivity index is 1.56. The molecule has 0 aromatic carbocycles. The van der Waals surface area contributed by atoms with Crippen molar-refractivity contribution < 1.29 is 4.79 Å². The number of thioether (sulfide) groups is 1. The average Bonchev–Trinajstić information content (AvgIpc) is 3.19. The van der Waals surface area contributed by atoms with Gasteiger partial charge in [-0.1, -0.05) is 35.9 Å². The van der Waals surface area contributed by atoms with Gasteiger partial charge >= 0.3 is 0 Å².